The molecule has 0 saturated heterocycles. The third kappa shape index (κ3) is 6.90. The number of aryl methyl sites for hydroxylation is 1. The zero-order valence-corrected chi connectivity index (χ0v) is 22.8. The molecule has 8 nitrogen and oxygen atoms in total. The molecule has 35 heavy (non-hydrogen) atoms. The maximum atomic E-state index is 13.4. The summed E-state index contributed by atoms with van der Waals surface area (Å²) in [6.45, 7) is 1.15. The summed E-state index contributed by atoms with van der Waals surface area (Å²) in [6, 6.07) is 17.0. The molecule has 0 aliphatic heterocycles. The SMILES string of the molecule is CNS(=O)(=O)c1ccc(C)c(NC(=O)CN(Cc2ccc(Br)cc2)S(=O)(=O)c2ccc(Cl)cc2)c1. The molecule has 3 rings (SSSR count). The molecule has 0 saturated carbocycles. The van der Waals surface area contributed by atoms with E-state index in [4.69, 9.17) is 11.6 Å². The van der Waals surface area contributed by atoms with Crippen LogP contribution in [0.2, 0.25) is 5.02 Å². The van der Waals surface area contributed by atoms with Crippen molar-refractivity contribution < 1.29 is 21.6 Å². The second kappa shape index (κ2) is 11.2. The van der Waals surface area contributed by atoms with Gasteiger partial charge in [0.05, 0.1) is 16.3 Å². The predicted octanol–water partition coefficient (Wildman–Crippen LogP) is 4.15. The minimum Gasteiger partial charge on any atom is -0.325 e. The first kappa shape index (κ1) is 27.3. The van der Waals surface area contributed by atoms with Gasteiger partial charge >= 0.3 is 0 Å². The molecule has 12 heteroatoms. The smallest absolute Gasteiger partial charge is 0.243 e. The molecule has 2 N–H and O–H groups in total. The summed E-state index contributed by atoms with van der Waals surface area (Å²) in [5.74, 6) is -0.623. The van der Waals surface area contributed by atoms with Gasteiger partial charge in [0.25, 0.3) is 0 Å². The lowest BCUT2D eigenvalue weighted by atomic mass is 10.2. The summed E-state index contributed by atoms with van der Waals surface area (Å²) in [7, 11) is -6.50. The molecular weight excluding hydrogens is 578 g/mol. The van der Waals surface area contributed by atoms with Crippen molar-refractivity contribution in [1.29, 1.82) is 0 Å². The Labute approximate surface area is 218 Å². The van der Waals surface area contributed by atoms with Crippen molar-refractivity contribution in [3.8, 4) is 0 Å². The molecule has 0 heterocycles. The highest BCUT2D eigenvalue weighted by Gasteiger charge is 2.27. The molecule has 0 aliphatic carbocycles. The van der Waals surface area contributed by atoms with Crippen LogP contribution in [0.3, 0.4) is 0 Å². The van der Waals surface area contributed by atoms with Crippen LogP contribution in [0.5, 0.6) is 0 Å². The zero-order chi connectivity index (χ0) is 25.8. The first-order valence-corrected chi connectivity index (χ1v) is 14.4. The van der Waals surface area contributed by atoms with E-state index in [0.29, 0.717) is 16.1 Å². The lowest BCUT2D eigenvalue weighted by molar-refractivity contribution is -0.116. The van der Waals surface area contributed by atoms with Crippen LogP contribution in [-0.2, 0) is 31.4 Å². The molecule has 3 aromatic carbocycles. The fourth-order valence-electron chi connectivity index (χ4n) is 3.15. The van der Waals surface area contributed by atoms with E-state index < -0.39 is 32.5 Å². The van der Waals surface area contributed by atoms with Crippen LogP contribution in [-0.4, -0.2) is 40.6 Å². The molecule has 3 aromatic rings. The van der Waals surface area contributed by atoms with Crippen LogP contribution < -0.4 is 10.0 Å². The third-order valence-electron chi connectivity index (χ3n) is 5.11. The Morgan fingerprint density at radius 3 is 2.14 bits per heavy atom. The van der Waals surface area contributed by atoms with Crippen molar-refractivity contribution in [2.24, 2.45) is 0 Å². The Morgan fingerprint density at radius 1 is 0.943 bits per heavy atom. The molecule has 0 radical (unpaired) electrons. The fourth-order valence-corrected chi connectivity index (χ4v) is 5.68. The zero-order valence-electron chi connectivity index (χ0n) is 18.8. The van der Waals surface area contributed by atoms with Crippen molar-refractivity contribution in [2.75, 3.05) is 18.9 Å². The molecule has 0 spiro atoms. The van der Waals surface area contributed by atoms with E-state index in [-0.39, 0.29) is 22.0 Å². The first-order valence-electron chi connectivity index (χ1n) is 10.3. The number of nitrogens with one attached hydrogen (secondary N) is 2. The van der Waals surface area contributed by atoms with E-state index in [0.717, 1.165) is 8.78 Å². The Kier molecular flexibility index (Phi) is 8.73. The van der Waals surface area contributed by atoms with Gasteiger partial charge in [-0.05, 0) is 73.6 Å². The van der Waals surface area contributed by atoms with Gasteiger partial charge in [-0.2, -0.15) is 4.31 Å². The lowest BCUT2D eigenvalue weighted by Crippen LogP contribution is -2.37. The van der Waals surface area contributed by atoms with Gasteiger partial charge in [0.15, 0.2) is 0 Å². The Hall–Kier alpha value is -2.28. The average Bonchev–Trinajstić information content (AvgIpc) is 2.81. The number of amides is 1. The normalized spacial score (nSPS) is 12.0. The Balaban J connectivity index is 1.91. The molecule has 0 bridgehead atoms. The van der Waals surface area contributed by atoms with Crippen molar-refractivity contribution >= 4 is 59.2 Å². The number of benzene rings is 3. The summed E-state index contributed by atoms with van der Waals surface area (Å²) in [6.07, 6.45) is 0. The molecule has 0 fully saturated rings. The third-order valence-corrected chi connectivity index (χ3v) is 9.10. The minimum absolute atomic E-state index is 0.00916. The average molecular weight is 601 g/mol. The van der Waals surface area contributed by atoms with Crippen molar-refractivity contribution in [1.82, 2.24) is 9.03 Å². The molecule has 0 atom stereocenters. The van der Waals surface area contributed by atoms with Gasteiger partial charge in [-0.15, -0.1) is 0 Å². The first-order chi connectivity index (χ1) is 16.4. The maximum Gasteiger partial charge on any atom is 0.243 e. The summed E-state index contributed by atoms with van der Waals surface area (Å²) < 4.78 is 55.2. The number of anilines is 1. The van der Waals surface area contributed by atoms with Gasteiger partial charge in [-0.3, -0.25) is 4.79 Å². The van der Waals surface area contributed by atoms with Crippen molar-refractivity contribution in [3.63, 3.8) is 0 Å². The highest BCUT2D eigenvalue weighted by atomic mass is 79.9. The van der Waals surface area contributed by atoms with Crippen LogP contribution in [0.1, 0.15) is 11.1 Å². The van der Waals surface area contributed by atoms with E-state index in [2.05, 4.69) is 26.0 Å². The standard InChI is InChI=1S/C23H23BrClN3O5S2/c1-16-3-10-21(34(30,31)26-2)13-22(16)27-23(29)15-28(14-17-4-6-18(24)7-5-17)35(32,33)20-11-8-19(25)9-12-20/h3-13,26H,14-15H2,1-2H3,(H,27,29). The Morgan fingerprint density at radius 2 is 1.54 bits per heavy atom. The van der Waals surface area contributed by atoms with Gasteiger partial charge in [0.2, 0.25) is 26.0 Å². The van der Waals surface area contributed by atoms with Crippen LogP contribution >= 0.6 is 27.5 Å². The van der Waals surface area contributed by atoms with Gasteiger partial charge in [0.1, 0.15) is 0 Å². The molecule has 1 amide bonds. The topological polar surface area (TPSA) is 113 Å². The van der Waals surface area contributed by atoms with Crippen LogP contribution in [0, 0.1) is 6.92 Å². The molecular formula is C23H23BrClN3O5S2. The van der Waals surface area contributed by atoms with E-state index >= 15 is 0 Å². The largest absolute Gasteiger partial charge is 0.325 e. The van der Waals surface area contributed by atoms with Crippen LogP contribution in [0.15, 0.2) is 81.0 Å². The van der Waals surface area contributed by atoms with E-state index in [1.54, 1.807) is 37.3 Å². The van der Waals surface area contributed by atoms with Crippen molar-refractivity contribution in [3.05, 3.63) is 87.4 Å². The summed E-state index contributed by atoms with van der Waals surface area (Å²) in [4.78, 5) is 12.9. The number of carbonyl (C=O) groups excluding carboxylic acids is 1. The van der Waals surface area contributed by atoms with Crippen molar-refractivity contribution in [2.45, 2.75) is 23.3 Å². The Bertz CT molecular complexity index is 1430. The van der Waals surface area contributed by atoms with Gasteiger partial charge in [0, 0.05) is 21.7 Å². The van der Waals surface area contributed by atoms with E-state index in [1.165, 1.54) is 43.4 Å². The number of carbonyl (C=O) groups is 1. The van der Waals surface area contributed by atoms with Gasteiger partial charge in [-0.1, -0.05) is 45.7 Å². The highest BCUT2D eigenvalue weighted by molar-refractivity contribution is 9.10. The molecule has 0 unspecified atom stereocenters. The number of hydrogen-bond acceptors (Lipinski definition) is 5. The monoisotopic (exact) mass is 599 g/mol. The number of hydrogen-bond donors (Lipinski definition) is 2. The lowest BCUT2D eigenvalue weighted by Gasteiger charge is -2.22. The number of nitrogens with zero attached hydrogens (tertiary/aromatic N) is 1. The summed E-state index contributed by atoms with van der Waals surface area (Å²) >= 11 is 9.25. The highest BCUT2D eigenvalue weighted by Crippen LogP contribution is 2.23. The second-order valence-corrected chi connectivity index (χ2v) is 12.8. The molecule has 0 aromatic heterocycles. The maximum absolute atomic E-state index is 13.4. The fraction of sp³-hybridized carbons (Fsp3) is 0.174. The predicted molar refractivity (Wildman–Crippen MR) is 139 cm³/mol. The van der Waals surface area contributed by atoms with Crippen LogP contribution in [0.4, 0.5) is 5.69 Å². The molecule has 186 valence electrons. The second-order valence-electron chi connectivity index (χ2n) is 7.59. The summed E-state index contributed by atoms with van der Waals surface area (Å²) in [5.41, 5.74) is 1.56. The quantitative estimate of drug-likeness (QED) is 0.383. The summed E-state index contributed by atoms with van der Waals surface area (Å²) in [5, 5.41) is 3.02. The van der Waals surface area contributed by atoms with Gasteiger partial charge < -0.3 is 5.32 Å². The van der Waals surface area contributed by atoms with E-state index in [1.807, 2.05) is 0 Å². The number of rotatable bonds is 9. The van der Waals surface area contributed by atoms with Crippen LogP contribution in [0.25, 0.3) is 0 Å². The number of sulfonamides is 2. The molecule has 0 aliphatic rings. The van der Waals surface area contributed by atoms with E-state index in [9.17, 15) is 21.6 Å². The van der Waals surface area contributed by atoms with Gasteiger partial charge in [-0.25, -0.2) is 21.6 Å². The minimum atomic E-state index is -4.06. The number of halogens is 2.